The third kappa shape index (κ3) is 4.35. The van der Waals surface area contributed by atoms with Gasteiger partial charge in [0, 0.05) is 5.56 Å². The Kier molecular flexibility index (Phi) is 5.29. The zero-order valence-corrected chi connectivity index (χ0v) is 13.3. The van der Waals surface area contributed by atoms with E-state index in [9.17, 15) is 23.1 Å². The molecule has 0 aliphatic heterocycles. The van der Waals surface area contributed by atoms with Crippen LogP contribution in [0.1, 0.15) is 21.5 Å². The lowest BCUT2D eigenvalue weighted by Crippen LogP contribution is -2.37. The van der Waals surface area contributed by atoms with Crippen molar-refractivity contribution in [1.29, 1.82) is 0 Å². The van der Waals surface area contributed by atoms with Crippen LogP contribution in [0.5, 0.6) is 5.75 Å². The van der Waals surface area contributed by atoms with Crippen molar-refractivity contribution in [3.63, 3.8) is 0 Å². The zero-order valence-electron chi connectivity index (χ0n) is 13.3. The Balaban J connectivity index is 2.28. The number of carbonyl (C=O) groups excluding carboxylic acids is 1. The first-order chi connectivity index (χ1) is 11.2. The van der Waals surface area contributed by atoms with Crippen molar-refractivity contribution in [1.82, 2.24) is 4.90 Å². The molecule has 2 aromatic carbocycles. The number of ketones is 1. The minimum absolute atomic E-state index is 0.0302. The fourth-order valence-electron chi connectivity index (χ4n) is 2.46. The molecule has 1 unspecified atom stereocenters. The van der Waals surface area contributed by atoms with Gasteiger partial charge < -0.3 is 5.11 Å². The number of rotatable bonds is 5. The van der Waals surface area contributed by atoms with E-state index in [2.05, 4.69) is 0 Å². The highest BCUT2D eigenvalue weighted by Gasteiger charge is 2.31. The molecule has 0 radical (unpaired) electrons. The Morgan fingerprint density at radius 2 is 1.79 bits per heavy atom. The normalized spacial score (nSPS) is 13.1. The highest BCUT2D eigenvalue weighted by molar-refractivity contribution is 6.00. The van der Waals surface area contributed by atoms with Gasteiger partial charge in [-0.05, 0) is 44.3 Å². The van der Waals surface area contributed by atoms with E-state index in [-0.39, 0.29) is 18.0 Å². The number of aromatic hydroxyl groups is 1. The van der Waals surface area contributed by atoms with Crippen LogP contribution in [0, 0.1) is 0 Å². The Hall–Kier alpha value is -2.34. The molecule has 0 bridgehead atoms. The molecule has 0 aliphatic rings. The topological polar surface area (TPSA) is 40.5 Å². The number of alkyl halides is 3. The van der Waals surface area contributed by atoms with Crippen LogP contribution >= 0.6 is 0 Å². The van der Waals surface area contributed by atoms with Crippen molar-refractivity contribution in [3.8, 4) is 5.75 Å². The monoisotopic (exact) mass is 337 g/mol. The van der Waals surface area contributed by atoms with Gasteiger partial charge in [-0.1, -0.05) is 30.3 Å². The third-order valence-electron chi connectivity index (χ3n) is 3.74. The third-order valence-corrected chi connectivity index (χ3v) is 3.74. The number of nitrogens with zero attached hydrogens (tertiary/aromatic N) is 1. The molecule has 1 N–H and O–H groups in total. The molecule has 0 aromatic heterocycles. The van der Waals surface area contributed by atoms with Crippen LogP contribution < -0.4 is 0 Å². The molecule has 0 saturated heterocycles. The van der Waals surface area contributed by atoms with Crippen molar-refractivity contribution < 1.29 is 23.1 Å². The predicted molar refractivity (Wildman–Crippen MR) is 85.1 cm³/mol. The second kappa shape index (κ2) is 7.05. The molecule has 24 heavy (non-hydrogen) atoms. The zero-order chi connectivity index (χ0) is 17.9. The number of benzene rings is 2. The summed E-state index contributed by atoms with van der Waals surface area (Å²) in [5.41, 5.74) is 0.0139. The van der Waals surface area contributed by atoms with Gasteiger partial charge in [-0.2, -0.15) is 13.2 Å². The maximum atomic E-state index is 12.8. The summed E-state index contributed by atoms with van der Waals surface area (Å²) in [5, 5.41) is 9.51. The summed E-state index contributed by atoms with van der Waals surface area (Å²) in [6.45, 7) is 0. The first-order valence-electron chi connectivity index (χ1n) is 7.34. The summed E-state index contributed by atoms with van der Waals surface area (Å²) in [7, 11) is 3.39. The lowest BCUT2D eigenvalue weighted by atomic mass is 9.95. The number of likely N-dealkylation sites (N-methyl/N-ethyl adjacent to an activating group) is 1. The molecule has 128 valence electrons. The molecule has 0 spiro atoms. The first kappa shape index (κ1) is 18.0. The summed E-state index contributed by atoms with van der Waals surface area (Å²) >= 11 is 0. The van der Waals surface area contributed by atoms with Crippen LogP contribution in [0.3, 0.4) is 0 Å². The fourth-order valence-corrected chi connectivity index (χ4v) is 2.46. The molecule has 3 nitrogen and oxygen atoms in total. The Bertz CT molecular complexity index is 726. The van der Waals surface area contributed by atoms with Crippen molar-refractivity contribution >= 4 is 5.78 Å². The summed E-state index contributed by atoms with van der Waals surface area (Å²) < 4.78 is 38.5. The minimum Gasteiger partial charge on any atom is -0.508 e. The minimum atomic E-state index is -4.42. The second-order valence-corrected chi connectivity index (χ2v) is 5.80. The van der Waals surface area contributed by atoms with Gasteiger partial charge in [0.05, 0.1) is 11.6 Å². The van der Waals surface area contributed by atoms with E-state index in [0.29, 0.717) is 11.1 Å². The van der Waals surface area contributed by atoms with E-state index in [1.54, 1.807) is 37.2 Å². The predicted octanol–water partition coefficient (Wildman–Crippen LogP) is 3.77. The van der Waals surface area contributed by atoms with E-state index in [4.69, 9.17) is 0 Å². The molecule has 1 atom stereocenters. The van der Waals surface area contributed by atoms with Gasteiger partial charge in [-0.25, -0.2) is 0 Å². The maximum Gasteiger partial charge on any atom is 0.416 e. The molecule has 0 fully saturated rings. The number of hydrogen-bond acceptors (Lipinski definition) is 3. The fraction of sp³-hybridized carbons (Fsp3) is 0.278. The van der Waals surface area contributed by atoms with E-state index < -0.39 is 17.8 Å². The van der Waals surface area contributed by atoms with Crippen LogP contribution in [0.4, 0.5) is 13.2 Å². The summed E-state index contributed by atoms with van der Waals surface area (Å²) in [6.07, 6.45) is -4.27. The smallest absolute Gasteiger partial charge is 0.416 e. The van der Waals surface area contributed by atoms with E-state index in [0.717, 1.165) is 12.1 Å². The van der Waals surface area contributed by atoms with Gasteiger partial charge in [-0.15, -0.1) is 0 Å². The molecule has 2 rings (SSSR count). The van der Waals surface area contributed by atoms with Crippen LogP contribution in [-0.4, -0.2) is 35.9 Å². The van der Waals surface area contributed by atoms with E-state index >= 15 is 0 Å². The second-order valence-electron chi connectivity index (χ2n) is 5.80. The van der Waals surface area contributed by atoms with Crippen molar-refractivity contribution in [2.75, 3.05) is 14.1 Å². The van der Waals surface area contributed by atoms with Gasteiger partial charge in [0.25, 0.3) is 0 Å². The number of carbonyl (C=O) groups is 1. The molecular weight excluding hydrogens is 319 g/mol. The molecular formula is C18H18F3NO2. The quantitative estimate of drug-likeness (QED) is 0.845. The average Bonchev–Trinajstić information content (AvgIpc) is 2.51. The van der Waals surface area contributed by atoms with Gasteiger partial charge in [0.2, 0.25) is 0 Å². The number of halogens is 3. The number of Topliss-reactive ketones (excluding diaryl/α,β-unsaturated/α-hetero) is 1. The Labute approximate surface area is 138 Å². The molecule has 0 aliphatic carbocycles. The van der Waals surface area contributed by atoms with Gasteiger partial charge >= 0.3 is 6.18 Å². The maximum absolute atomic E-state index is 12.8. The standard InChI is InChI=1S/C18H18F3NO2/c1-22(2)16(17(24)13-6-4-8-15(23)11-13)10-12-5-3-7-14(9-12)18(19,20)21/h3-9,11,16,23H,10H2,1-2H3. The van der Waals surface area contributed by atoms with Gasteiger partial charge in [-0.3, -0.25) is 9.69 Å². The lowest BCUT2D eigenvalue weighted by molar-refractivity contribution is -0.137. The largest absolute Gasteiger partial charge is 0.508 e. The van der Waals surface area contributed by atoms with Crippen LogP contribution in [-0.2, 0) is 12.6 Å². The summed E-state index contributed by atoms with van der Waals surface area (Å²) in [6, 6.07) is 10.3. The Morgan fingerprint density at radius 1 is 1.12 bits per heavy atom. The number of phenolic OH excluding ortho intramolecular Hbond substituents is 1. The molecule has 0 saturated carbocycles. The van der Waals surface area contributed by atoms with Gasteiger partial charge in [0.15, 0.2) is 5.78 Å². The van der Waals surface area contributed by atoms with Crippen molar-refractivity contribution in [2.45, 2.75) is 18.6 Å². The lowest BCUT2D eigenvalue weighted by Gasteiger charge is -2.23. The summed E-state index contributed by atoms with van der Waals surface area (Å²) in [5.74, 6) is -0.286. The summed E-state index contributed by atoms with van der Waals surface area (Å²) in [4.78, 5) is 14.3. The average molecular weight is 337 g/mol. The Morgan fingerprint density at radius 3 is 2.38 bits per heavy atom. The van der Waals surface area contributed by atoms with Gasteiger partial charge in [0.1, 0.15) is 5.75 Å². The van der Waals surface area contributed by atoms with Crippen LogP contribution in [0.15, 0.2) is 48.5 Å². The molecule has 0 heterocycles. The van der Waals surface area contributed by atoms with Crippen molar-refractivity contribution in [2.24, 2.45) is 0 Å². The first-order valence-corrected chi connectivity index (χ1v) is 7.34. The molecule has 0 amide bonds. The van der Waals surface area contributed by atoms with Crippen molar-refractivity contribution in [3.05, 3.63) is 65.2 Å². The highest BCUT2D eigenvalue weighted by Crippen LogP contribution is 2.30. The number of phenols is 1. The van der Waals surface area contributed by atoms with Crippen LogP contribution in [0.25, 0.3) is 0 Å². The molecule has 2 aromatic rings. The van der Waals surface area contributed by atoms with Crippen LogP contribution in [0.2, 0.25) is 0 Å². The number of hydrogen-bond donors (Lipinski definition) is 1. The van der Waals surface area contributed by atoms with E-state index in [1.165, 1.54) is 18.2 Å². The molecule has 6 heteroatoms. The SMILES string of the molecule is CN(C)C(Cc1cccc(C(F)(F)F)c1)C(=O)c1cccc(O)c1. The highest BCUT2D eigenvalue weighted by atomic mass is 19.4. The van der Waals surface area contributed by atoms with E-state index in [1.807, 2.05) is 0 Å².